The van der Waals surface area contributed by atoms with Gasteiger partial charge in [-0.2, -0.15) is 0 Å². The predicted molar refractivity (Wildman–Crippen MR) is 77.4 cm³/mol. The zero-order chi connectivity index (χ0) is 14.5. The van der Waals surface area contributed by atoms with Crippen molar-refractivity contribution < 1.29 is 13.2 Å². The molecule has 2 atom stereocenters. The Balaban J connectivity index is 2.07. The van der Waals surface area contributed by atoms with Crippen molar-refractivity contribution in [3.63, 3.8) is 0 Å². The fraction of sp³-hybridized carbons (Fsp3) is 0.500. The quantitative estimate of drug-likeness (QED) is 0.822. The van der Waals surface area contributed by atoms with E-state index in [1.807, 2.05) is 30.3 Å². The third kappa shape index (κ3) is 2.13. The first-order valence-corrected chi connectivity index (χ1v) is 8.49. The SMILES string of the molecule is CC1(C)N[C@@H]2CS(=O)(=O)C[C@@H]2N(c2ccccc2)C1=O. The summed E-state index contributed by atoms with van der Waals surface area (Å²) in [6.07, 6.45) is 0. The first-order valence-electron chi connectivity index (χ1n) is 6.67. The number of para-hydroxylation sites is 1. The van der Waals surface area contributed by atoms with E-state index in [1.54, 1.807) is 18.7 Å². The number of amides is 1. The fourth-order valence-electron chi connectivity index (χ4n) is 3.10. The van der Waals surface area contributed by atoms with E-state index in [2.05, 4.69) is 5.32 Å². The van der Waals surface area contributed by atoms with Crippen LogP contribution >= 0.6 is 0 Å². The Morgan fingerprint density at radius 2 is 1.85 bits per heavy atom. The third-order valence-electron chi connectivity index (χ3n) is 3.99. The first-order chi connectivity index (χ1) is 9.30. The summed E-state index contributed by atoms with van der Waals surface area (Å²) in [6.45, 7) is 3.60. The van der Waals surface area contributed by atoms with Gasteiger partial charge < -0.3 is 4.90 Å². The molecule has 0 saturated carbocycles. The van der Waals surface area contributed by atoms with Gasteiger partial charge in [0.1, 0.15) is 0 Å². The summed E-state index contributed by atoms with van der Waals surface area (Å²) < 4.78 is 23.8. The molecule has 0 aliphatic carbocycles. The molecule has 1 aromatic rings. The van der Waals surface area contributed by atoms with Crippen LogP contribution in [0, 0.1) is 0 Å². The van der Waals surface area contributed by atoms with Gasteiger partial charge in [0.25, 0.3) is 0 Å². The monoisotopic (exact) mass is 294 g/mol. The van der Waals surface area contributed by atoms with Gasteiger partial charge in [-0.15, -0.1) is 0 Å². The molecule has 2 saturated heterocycles. The minimum atomic E-state index is -3.10. The van der Waals surface area contributed by atoms with E-state index in [1.165, 1.54) is 0 Å². The number of nitrogens with zero attached hydrogens (tertiary/aromatic N) is 1. The van der Waals surface area contributed by atoms with E-state index in [4.69, 9.17) is 0 Å². The molecule has 2 aliphatic rings. The van der Waals surface area contributed by atoms with Gasteiger partial charge in [0.05, 0.1) is 23.1 Å². The van der Waals surface area contributed by atoms with Gasteiger partial charge in [-0.05, 0) is 26.0 Å². The summed E-state index contributed by atoms with van der Waals surface area (Å²) in [5, 5.41) is 3.19. The maximum Gasteiger partial charge on any atom is 0.247 e. The van der Waals surface area contributed by atoms with Gasteiger partial charge in [-0.25, -0.2) is 8.42 Å². The maximum absolute atomic E-state index is 12.7. The first kappa shape index (κ1) is 13.6. The van der Waals surface area contributed by atoms with Crippen molar-refractivity contribution in [1.82, 2.24) is 5.32 Å². The van der Waals surface area contributed by atoms with Crippen molar-refractivity contribution >= 4 is 21.4 Å². The van der Waals surface area contributed by atoms with Crippen LogP contribution in [0.4, 0.5) is 5.69 Å². The fourth-order valence-corrected chi connectivity index (χ4v) is 4.99. The number of nitrogens with one attached hydrogen (secondary N) is 1. The lowest BCUT2D eigenvalue weighted by Crippen LogP contribution is -2.69. The number of hydrogen-bond acceptors (Lipinski definition) is 4. The average Bonchev–Trinajstić information content (AvgIpc) is 2.64. The number of rotatable bonds is 1. The van der Waals surface area contributed by atoms with Gasteiger partial charge in [0, 0.05) is 11.7 Å². The molecule has 6 heteroatoms. The molecule has 1 N–H and O–H groups in total. The number of fused-ring (bicyclic) bond motifs is 1. The highest BCUT2D eigenvalue weighted by molar-refractivity contribution is 7.91. The van der Waals surface area contributed by atoms with Crippen LogP contribution in [0.15, 0.2) is 30.3 Å². The van der Waals surface area contributed by atoms with Crippen molar-refractivity contribution in [3.05, 3.63) is 30.3 Å². The molecular weight excluding hydrogens is 276 g/mol. The summed E-state index contributed by atoms with van der Waals surface area (Å²) in [6, 6.07) is 8.77. The van der Waals surface area contributed by atoms with Gasteiger partial charge in [-0.1, -0.05) is 18.2 Å². The lowest BCUT2D eigenvalue weighted by Gasteiger charge is -2.45. The number of benzene rings is 1. The van der Waals surface area contributed by atoms with Gasteiger partial charge >= 0.3 is 0 Å². The van der Waals surface area contributed by atoms with Crippen LogP contribution in [0.1, 0.15) is 13.8 Å². The molecule has 0 spiro atoms. The van der Waals surface area contributed by atoms with Crippen LogP contribution in [-0.4, -0.2) is 43.5 Å². The van der Waals surface area contributed by atoms with Crippen molar-refractivity contribution in [1.29, 1.82) is 0 Å². The van der Waals surface area contributed by atoms with Crippen LogP contribution < -0.4 is 10.2 Å². The summed E-state index contributed by atoms with van der Waals surface area (Å²) in [5.41, 5.74) is 0.0100. The Bertz CT molecular complexity index is 640. The Morgan fingerprint density at radius 3 is 2.50 bits per heavy atom. The lowest BCUT2D eigenvalue weighted by atomic mass is 9.93. The molecular formula is C14H18N2O3S. The highest BCUT2D eigenvalue weighted by atomic mass is 32.2. The molecule has 0 unspecified atom stereocenters. The molecule has 5 nitrogen and oxygen atoms in total. The Morgan fingerprint density at radius 1 is 1.20 bits per heavy atom. The molecule has 3 rings (SSSR count). The third-order valence-corrected chi connectivity index (χ3v) is 5.70. The van der Waals surface area contributed by atoms with Gasteiger partial charge in [0.15, 0.2) is 9.84 Å². The smallest absolute Gasteiger partial charge is 0.247 e. The van der Waals surface area contributed by atoms with E-state index in [9.17, 15) is 13.2 Å². The number of carbonyl (C=O) groups is 1. The van der Waals surface area contributed by atoms with Crippen molar-refractivity contribution in [2.75, 3.05) is 16.4 Å². The van der Waals surface area contributed by atoms with Crippen LogP contribution in [0.5, 0.6) is 0 Å². The molecule has 0 radical (unpaired) electrons. The molecule has 2 heterocycles. The molecule has 20 heavy (non-hydrogen) atoms. The molecule has 1 aromatic carbocycles. The Kier molecular flexibility index (Phi) is 2.92. The van der Waals surface area contributed by atoms with Gasteiger partial charge in [0.2, 0.25) is 5.91 Å². The number of hydrogen-bond donors (Lipinski definition) is 1. The van der Waals surface area contributed by atoms with Crippen LogP contribution in [0.25, 0.3) is 0 Å². The molecule has 0 aromatic heterocycles. The van der Waals surface area contributed by atoms with Crippen molar-refractivity contribution in [2.24, 2.45) is 0 Å². The van der Waals surface area contributed by atoms with E-state index in [-0.39, 0.29) is 29.5 Å². The number of sulfone groups is 1. The predicted octanol–water partition coefficient (Wildman–Crippen LogP) is 0.567. The van der Waals surface area contributed by atoms with E-state index in [0.29, 0.717) is 0 Å². The summed E-state index contributed by atoms with van der Waals surface area (Å²) >= 11 is 0. The van der Waals surface area contributed by atoms with Crippen LogP contribution in [0.3, 0.4) is 0 Å². The summed E-state index contributed by atoms with van der Waals surface area (Å²) in [5.74, 6) is 0.0427. The normalized spacial score (nSPS) is 31.1. The topological polar surface area (TPSA) is 66.5 Å². The van der Waals surface area contributed by atoms with Crippen LogP contribution in [0.2, 0.25) is 0 Å². The molecule has 2 aliphatic heterocycles. The van der Waals surface area contributed by atoms with E-state index < -0.39 is 15.4 Å². The highest BCUT2D eigenvalue weighted by Gasteiger charge is 2.52. The number of piperazine rings is 1. The van der Waals surface area contributed by atoms with E-state index >= 15 is 0 Å². The zero-order valence-corrected chi connectivity index (χ0v) is 12.4. The Hall–Kier alpha value is -1.40. The minimum absolute atomic E-state index is 0.0291. The van der Waals surface area contributed by atoms with Crippen molar-refractivity contribution in [2.45, 2.75) is 31.5 Å². The standard InChI is InChI=1S/C14H18N2O3S/c1-14(2)13(17)16(10-6-4-3-5-7-10)12-9-20(18,19)8-11(12)15-14/h3-7,11-12,15H,8-9H2,1-2H3/t11-,12+/m1/s1. The second-order valence-corrected chi connectivity index (χ2v) is 8.18. The lowest BCUT2D eigenvalue weighted by molar-refractivity contribution is -0.126. The molecule has 2 fully saturated rings. The Labute approximate surface area is 118 Å². The second kappa shape index (κ2) is 4.30. The summed E-state index contributed by atoms with van der Waals surface area (Å²) in [7, 11) is -3.10. The highest BCUT2D eigenvalue weighted by Crippen LogP contribution is 2.32. The van der Waals surface area contributed by atoms with Crippen LogP contribution in [-0.2, 0) is 14.6 Å². The maximum atomic E-state index is 12.7. The summed E-state index contributed by atoms with van der Waals surface area (Å²) in [4.78, 5) is 14.3. The van der Waals surface area contributed by atoms with Gasteiger partial charge in [-0.3, -0.25) is 10.1 Å². The second-order valence-electron chi connectivity index (χ2n) is 6.03. The zero-order valence-electron chi connectivity index (χ0n) is 11.5. The van der Waals surface area contributed by atoms with E-state index in [0.717, 1.165) is 5.69 Å². The largest absolute Gasteiger partial charge is 0.305 e. The number of carbonyl (C=O) groups excluding carboxylic acids is 1. The molecule has 0 bridgehead atoms. The molecule has 1 amide bonds. The average molecular weight is 294 g/mol. The molecule has 108 valence electrons. The number of anilines is 1. The van der Waals surface area contributed by atoms with Crippen molar-refractivity contribution in [3.8, 4) is 0 Å². The minimum Gasteiger partial charge on any atom is -0.305 e.